The van der Waals surface area contributed by atoms with Crippen LogP contribution in [0.3, 0.4) is 0 Å². The van der Waals surface area contributed by atoms with Gasteiger partial charge in [0.25, 0.3) is 11.8 Å². The third kappa shape index (κ3) is 9.37. The van der Waals surface area contributed by atoms with Gasteiger partial charge < -0.3 is 20.0 Å². The molecule has 2 amide bonds. The second-order valence-corrected chi connectivity index (χ2v) is 13.9. The first-order valence-electron chi connectivity index (χ1n) is 19.3. The summed E-state index contributed by atoms with van der Waals surface area (Å²) in [7, 11) is 0. The molecule has 0 fully saturated rings. The number of amides is 2. The molecular weight excluding hydrogens is 701 g/mol. The van der Waals surface area contributed by atoms with E-state index in [2.05, 4.69) is 10.2 Å². The fraction of sp³-hybridized carbons (Fsp3) is 0.304. The molecule has 0 radical (unpaired) electrons. The van der Waals surface area contributed by atoms with Crippen molar-refractivity contribution in [1.82, 2.24) is 29.4 Å². The van der Waals surface area contributed by atoms with Gasteiger partial charge in [0.2, 0.25) is 0 Å². The molecule has 2 atom stereocenters. The van der Waals surface area contributed by atoms with Gasteiger partial charge >= 0.3 is 0 Å². The first-order chi connectivity index (χ1) is 26.9. The first kappa shape index (κ1) is 41.0. The van der Waals surface area contributed by atoms with E-state index < -0.39 is 0 Å². The maximum absolute atomic E-state index is 12.6. The number of hydrogen-bond acceptors (Lipinski definition) is 6. The van der Waals surface area contributed by atoms with Crippen molar-refractivity contribution in [2.75, 3.05) is 26.2 Å². The lowest BCUT2D eigenvalue weighted by Crippen LogP contribution is -2.30. The molecule has 292 valence electrons. The largest absolute Gasteiger partial charge is 0.508 e. The summed E-state index contributed by atoms with van der Waals surface area (Å²) < 4.78 is 3.93. The molecule has 2 N–H and O–H groups in total. The minimum Gasteiger partial charge on any atom is -0.508 e. The van der Waals surface area contributed by atoms with Crippen molar-refractivity contribution in [3.8, 4) is 11.5 Å². The second-order valence-electron chi connectivity index (χ2n) is 13.9. The van der Waals surface area contributed by atoms with E-state index in [0.717, 1.165) is 45.0 Å². The molecular formula is C46H54N6O4. The molecule has 0 aliphatic carbocycles. The van der Waals surface area contributed by atoms with Crippen molar-refractivity contribution < 1.29 is 19.8 Å². The van der Waals surface area contributed by atoms with Crippen molar-refractivity contribution in [2.24, 2.45) is 0 Å². The Morgan fingerprint density at radius 2 is 0.857 bits per heavy atom. The fourth-order valence-corrected chi connectivity index (χ4v) is 7.16. The highest BCUT2D eigenvalue weighted by Crippen LogP contribution is 2.32. The van der Waals surface area contributed by atoms with Crippen LogP contribution in [-0.4, -0.2) is 77.6 Å². The van der Waals surface area contributed by atoms with Crippen LogP contribution in [0, 0.1) is 27.7 Å². The van der Waals surface area contributed by atoms with E-state index in [-0.39, 0.29) is 35.4 Å². The van der Waals surface area contributed by atoms with Crippen molar-refractivity contribution in [2.45, 2.75) is 67.5 Å². The molecule has 0 aliphatic heterocycles. The van der Waals surface area contributed by atoms with E-state index in [1.165, 1.54) is 0 Å². The number of carbonyl (C=O) groups is 2. The Morgan fingerprint density at radius 3 is 1.12 bits per heavy atom. The third-order valence-corrected chi connectivity index (χ3v) is 10.00. The summed E-state index contributed by atoms with van der Waals surface area (Å²) in [5.41, 5.74) is 9.20. The third-order valence-electron chi connectivity index (χ3n) is 10.00. The number of phenolic OH excluding ortho intramolecular Hbond substituents is 2. The van der Waals surface area contributed by atoms with E-state index in [9.17, 15) is 19.8 Å². The quantitative estimate of drug-likeness (QED) is 0.129. The maximum Gasteiger partial charge on any atom is 0.253 e. The van der Waals surface area contributed by atoms with Gasteiger partial charge in [0.1, 0.15) is 23.6 Å². The number of aryl methyl sites for hydroxylation is 4. The zero-order valence-corrected chi connectivity index (χ0v) is 33.8. The Hall–Kier alpha value is -6.16. The predicted molar refractivity (Wildman–Crippen MR) is 221 cm³/mol. The average molecular weight is 755 g/mol. The summed E-state index contributed by atoms with van der Waals surface area (Å²) in [5.74, 6) is 0.517. The molecule has 10 nitrogen and oxygen atoms in total. The molecule has 2 heterocycles. The second kappa shape index (κ2) is 18.4. The summed E-state index contributed by atoms with van der Waals surface area (Å²) in [6, 6.07) is 33.6. The Bertz CT molecular complexity index is 2070. The van der Waals surface area contributed by atoms with Gasteiger partial charge in [-0.15, -0.1) is 0 Å². The van der Waals surface area contributed by atoms with Crippen LogP contribution in [0.5, 0.6) is 11.5 Å². The van der Waals surface area contributed by atoms with Crippen LogP contribution in [0.15, 0.2) is 109 Å². The zero-order chi connectivity index (χ0) is 40.5. The van der Waals surface area contributed by atoms with E-state index in [1.807, 2.05) is 159 Å². The molecule has 6 aromatic rings. The number of rotatable bonds is 12. The van der Waals surface area contributed by atoms with E-state index in [4.69, 9.17) is 0 Å². The van der Waals surface area contributed by atoms with Crippen LogP contribution in [0.4, 0.5) is 0 Å². The Morgan fingerprint density at radius 1 is 0.518 bits per heavy atom. The number of benzene rings is 4. The molecule has 0 spiro atoms. The van der Waals surface area contributed by atoms with E-state index >= 15 is 0 Å². The van der Waals surface area contributed by atoms with Crippen LogP contribution in [0.25, 0.3) is 0 Å². The van der Waals surface area contributed by atoms with Crippen molar-refractivity contribution in [3.05, 3.63) is 165 Å². The fourth-order valence-electron chi connectivity index (χ4n) is 7.16. The molecule has 2 unspecified atom stereocenters. The number of aromatic nitrogens is 4. The molecule has 0 saturated heterocycles. The summed E-state index contributed by atoms with van der Waals surface area (Å²) >= 11 is 0. The highest BCUT2D eigenvalue weighted by molar-refractivity contribution is 5.94. The molecule has 0 aliphatic rings. The van der Waals surface area contributed by atoms with Crippen LogP contribution < -0.4 is 0 Å². The Labute approximate surface area is 330 Å². The predicted octanol–water partition coefficient (Wildman–Crippen LogP) is 8.65. The Kier molecular flexibility index (Phi) is 13.5. The van der Waals surface area contributed by atoms with Crippen LogP contribution in [0.1, 0.15) is 106 Å². The topological polar surface area (TPSA) is 117 Å². The minimum absolute atomic E-state index is 0.0385. The standard InChI is InChI=1S/2C23H27N3O2/c2*1-5-25(6-2)23(28)19-12-10-18(11-13-19)22(20-8-7-9-21(27)15-20)26-17(4)14-16(3)24-26/h2*7-15,22,27H,5-6H2,1-4H3. The lowest BCUT2D eigenvalue weighted by molar-refractivity contribution is 0.0765. The lowest BCUT2D eigenvalue weighted by atomic mass is 9.97. The number of nitrogens with zero attached hydrogens (tertiary/aromatic N) is 6. The minimum atomic E-state index is -0.182. The van der Waals surface area contributed by atoms with Gasteiger partial charge in [-0.3, -0.25) is 19.0 Å². The van der Waals surface area contributed by atoms with E-state index in [1.54, 1.807) is 24.3 Å². The first-order valence-corrected chi connectivity index (χ1v) is 19.3. The zero-order valence-electron chi connectivity index (χ0n) is 33.8. The molecule has 4 aromatic carbocycles. The normalized spacial score (nSPS) is 12.0. The number of carbonyl (C=O) groups excluding carboxylic acids is 2. The highest BCUT2D eigenvalue weighted by Gasteiger charge is 2.23. The molecule has 10 heteroatoms. The van der Waals surface area contributed by atoms with Gasteiger partial charge in [-0.1, -0.05) is 48.5 Å². The summed E-state index contributed by atoms with van der Waals surface area (Å²) in [4.78, 5) is 28.8. The van der Waals surface area contributed by atoms with Crippen LogP contribution in [0.2, 0.25) is 0 Å². The van der Waals surface area contributed by atoms with E-state index in [0.29, 0.717) is 37.3 Å². The SMILES string of the molecule is CCN(CC)C(=O)c1ccc(C(c2cccc(O)c2)n2nc(C)cc2C)cc1.CCN(CC)C(=O)c1ccc(C(c2cccc(O)c2)n2nc(C)cc2C)cc1. The van der Waals surface area contributed by atoms with Crippen molar-refractivity contribution in [1.29, 1.82) is 0 Å². The van der Waals surface area contributed by atoms with Gasteiger partial charge in [0.15, 0.2) is 0 Å². The van der Waals surface area contributed by atoms with Gasteiger partial charge in [-0.05, 0) is 138 Å². The monoisotopic (exact) mass is 754 g/mol. The lowest BCUT2D eigenvalue weighted by Gasteiger charge is -2.22. The smallest absolute Gasteiger partial charge is 0.253 e. The number of aromatic hydroxyl groups is 2. The van der Waals surface area contributed by atoms with Crippen LogP contribution >= 0.6 is 0 Å². The summed E-state index contributed by atoms with van der Waals surface area (Å²) in [6.45, 7) is 18.7. The summed E-state index contributed by atoms with van der Waals surface area (Å²) in [5, 5.41) is 29.3. The molecule has 0 saturated carbocycles. The number of phenols is 2. The van der Waals surface area contributed by atoms with Gasteiger partial charge in [-0.2, -0.15) is 10.2 Å². The molecule has 0 bridgehead atoms. The van der Waals surface area contributed by atoms with Gasteiger partial charge in [-0.25, -0.2) is 0 Å². The molecule has 6 rings (SSSR count). The van der Waals surface area contributed by atoms with Gasteiger partial charge in [0.05, 0.1) is 11.4 Å². The molecule has 2 aromatic heterocycles. The van der Waals surface area contributed by atoms with Crippen LogP contribution in [-0.2, 0) is 0 Å². The maximum atomic E-state index is 12.6. The van der Waals surface area contributed by atoms with Gasteiger partial charge in [0, 0.05) is 48.7 Å². The summed E-state index contributed by atoms with van der Waals surface area (Å²) in [6.07, 6.45) is 0. The van der Waals surface area contributed by atoms with Crippen molar-refractivity contribution in [3.63, 3.8) is 0 Å². The Balaban J connectivity index is 0.000000214. The average Bonchev–Trinajstić information content (AvgIpc) is 3.70. The highest BCUT2D eigenvalue weighted by atomic mass is 16.3. The number of hydrogen-bond donors (Lipinski definition) is 2. The van der Waals surface area contributed by atoms with Crippen molar-refractivity contribution >= 4 is 11.8 Å². The molecule has 56 heavy (non-hydrogen) atoms.